The molecule has 3 heteroatoms. The number of nitrogens with two attached hydrogens (primary N) is 1. The van der Waals surface area contributed by atoms with Crippen LogP contribution in [0.1, 0.15) is 30.3 Å². The van der Waals surface area contributed by atoms with Crippen molar-refractivity contribution in [2.75, 3.05) is 5.73 Å². The summed E-state index contributed by atoms with van der Waals surface area (Å²) in [5.41, 5.74) is 11.4. The summed E-state index contributed by atoms with van der Waals surface area (Å²) >= 11 is 0. The zero-order valence-corrected chi connectivity index (χ0v) is 14.1. The molecular formula is C21H23N3. The Kier molecular flexibility index (Phi) is 5.22. The summed E-state index contributed by atoms with van der Waals surface area (Å²) in [5.74, 6) is 0.873. The Morgan fingerprint density at radius 1 is 0.708 bits per heavy atom. The van der Waals surface area contributed by atoms with Gasteiger partial charge in [-0.25, -0.2) is 9.97 Å². The van der Waals surface area contributed by atoms with Gasteiger partial charge in [-0.3, -0.25) is 0 Å². The molecule has 0 unspecified atom stereocenters. The van der Waals surface area contributed by atoms with Crippen molar-refractivity contribution in [3.05, 3.63) is 77.9 Å². The molecule has 3 nitrogen and oxygen atoms in total. The third kappa shape index (κ3) is 4.19. The molecule has 24 heavy (non-hydrogen) atoms. The minimum absolute atomic E-state index is 0.796. The van der Waals surface area contributed by atoms with Crippen molar-refractivity contribution in [1.29, 1.82) is 0 Å². The number of nitrogen functional groups attached to an aromatic ring is 1. The fraction of sp³-hybridized carbons (Fsp3) is 0.238. The van der Waals surface area contributed by atoms with Crippen molar-refractivity contribution in [2.45, 2.75) is 32.6 Å². The van der Waals surface area contributed by atoms with E-state index in [2.05, 4.69) is 53.3 Å². The van der Waals surface area contributed by atoms with Gasteiger partial charge in [0.25, 0.3) is 0 Å². The highest BCUT2D eigenvalue weighted by Crippen LogP contribution is 2.19. The second-order valence-corrected chi connectivity index (χ2v) is 6.08. The second kappa shape index (κ2) is 7.73. The molecule has 0 aliphatic rings. The number of anilines is 1. The van der Waals surface area contributed by atoms with E-state index in [0.29, 0.717) is 0 Å². The molecule has 0 fully saturated rings. The summed E-state index contributed by atoms with van der Waals surface area (Å²) in [6.45, 7) is 2.20. The molecule has 0 radical (unpaired) electrons. The van der Waals surface area contributed by atoms with E-state index in [1.165, 1.54) is 23.1 Å². The van der Waals surface area contributed by atoms with Gasteiger partial charge in [-0.05, 0) is 41.7 Å². The lowest BCUT2D eigenvalue weighted by Crippen LogP contribution is -1.98. The molecule has 0 atom stereocenters. The first-order valence-corrected chi connectivity index (χ1v) is 8.49. The lowest BCUT2D eigenvalue weighted by Gasteiger charge is -2.05. The predicted octanol–water partition coefficient (Wildman–Crippen LogP) is 4.46. The van der Waals surface area contributed by atoms with Crippen LogP contribution in [-0.4, -0.2) is 9.97 Å². The first kappa shape index (κ1) is 16.2. The molecule has 122 valence electrons. The molecule has 0 amide bonds. The maximum atomic E-state index is 5.71. The molecular weight excluding hydrogens is 294 g/mol. The first-order valence-electron chi connectivity index (χ1n) is 8.49. The Labute approximate surface area is 143 Å². The maximum Gasteiger partial charge on any atom is 0.128 e. The highest BCUT2D eigenvalue weighted by atomic mass is 14.9. The molecule has 1 heterocycles. The Morgan fingerprint density at radius 2 is 1.29 bits per heavy atom. The smallest absolute Gasteiger partial charge is 0.128 e. The fourth-order valence-corrected chi connectivity index (χ4v) is 2.73. The lowest BCUT2D eigenvalue weighted by molar-refractivity contribution is 0.859. The van der Waals surface area contributed by atoms with E-state index < -0.39 is 0 Å². The number of aryl methyl sites for hydroxylation is 3. The minimum Gasteiger partial charge on any atom is -0.399 e. The van der Waals surface area contributed by atoms with Gasteiger partial charge in [0.05, 0.1) is 0 Å². The number of nitrogens with zero attached hydrogens (tertiary/aromatic N) is 2. The van der Waals surface area contributed by atoms with Crippen LogP contribution in [0.25, 0.3) is 11.1 Å². The molecule has 0 bridgehead atoms. The number of hydrogen-bond acceptors (Lipinski definition) is 3. The van der Waals surface area contributed by atoms with E-state index in [0.717, 1.165) is 36.3 Å². The number of hydrogen-bond donors (Lipinski definition) is 1. The average molecular weight is 317 g/mol. The zero-order valence-electron chi connectivity index (χ0n) is 14.1. The third-order valence-electron chi connectivity index (χ3n) is 4.15. The Hall–Kier alpha value is -2.68. The summed E-state index contributed by atoms with van der Waals surface area (Å²) in [6.07, 6.45) is 7.89. The van der Waals surface area contributed by atoms with E-state index in [-0.39, 0.29) is 0 Å². The molecule has 3 aromatic rings. The Balaban J connectivity index is 1.63. The average Bonchev–Trinajstić information content (AvgIpc) is 2.63. The van der Waals surface area contributed by atoms with Crippen LogP contribution in [-0.2, 0) is 19.3 Å². The Morgan fingerprint density at radius 3 is 1.92 bits per heavy atom. The van der Waals surface area contributed by atoms with Gasteiger partial charge in [-0.1, -0.05) is 49.7 Å². The summed E-state index contributed by atoms with van der Waals surface area (Å²) in [5, 5.41) is 0. The van der Waals surface area contributed by atoms with Crippen molar-refractivity contribution >= 4 is 5.69 Å². The van der Waals surface area contributed by atoms with Crippen LogP contribution in [0.5, 0.6) is 0 Å². The number of rotatable bonds is 6. The van der Waals surface area contributed by atoms with E-state index in [4.69, 9.17) is 5.73 Å². The van der Waals surface area contributed by atoms with E-state index in [1.807, 2.05) is 24.5 Å². The van der Waals surface area contributed by atoms with Crippen LogP contribution in [0.4, 0.5) is 5.69 Å². The van der Waals surface area contributed by atoms with Crippen LogP contribution in [0.15, 0.2) is 60.9 Å². The quantitative estimate of drug-likeness (QED) is 0.683. The standard InChI is InChI=1S/C21H23N3/c1-2-3-16-4-9-18(10-5-16)19-14-23-21(24-15-19)13-8-17-6-11-20(22)12-7-17/h4-7,9-12,14-15H,2-3,8,13,22H2,1H3. The summed E-state index contributed by atoms with van der Waals surface area (Å²) in [6, 6.07) is 16.7. The fourth-order valence-electron chi connectivity index (χ4n) is 2.73. The maximum absolute atomic E-state index is 5.71. The molecule has 0 spiro atoms. The van der Waals surface area contributed by atoms with Crippen molar-refractivity contribution in [1.82, 2.24) is 9.97 Å². The summed E-state index contributed by atoms with van der Waals surface area (Å²) in [4.78, 5) is 9.02. The molecule has 0 aliphatic carbocycles. The van der Waals surface area contributed by atoms with Crippen molar-refractivity contribution < 1.29 is 0 Å². The largest absolute Gasteiger partial charge is 0.399 e. The normalized spacial score (nSPS) is 10.7. The molecule has 2 aromatic carbocycles. The number of aromatic nitrogens is 2. The van der Waals surface area contributed by atoms with Gasteiger partial charge in [0, 0.05) is 30.1 Å². The van der Waals surface area contributed by atoms with E-state index in [9.17, 15) is 0 Å². The number of benzene rings is 2. The monoisotopic (exact) mass is 317 g/mol. The van der Waals surface area contributed by atoms with Crippen LogP contribution >= 0.6 is 0 Å². The summed E-state index contributed by atoms with van der Waals surface area (Å²) < 4.78 is 0. The van der Waals surface area contributed by atoms with Crippen LogP contribution in [0.3, 0.4) is 0 Å². The first-order chi connectivity index (χ1) is 11.7. The van der Waals surface area contributed by atoms with Gasteiger partial charge in [0.1, 0.15) is 5.82 Å². The van der Waals surface area contributed by atoms with Crippen molar-refractivity contribution in [3.63, 3.8) is 0 Å². The van der Waals surface area contributed by atoms with Crippen LogP contribution < -0.4 is 5.73 Å². The molecule has 1 aromatic heterocycles. The molecule has 3 rings (SSSR count). The van der Waals surface area contributed by atoms with Gasteiger partial charge in [0.15, 0.2) is 0 Å². The zero-order chi connectivity index (χ0) is 16.8. The third-order valence-corrected chi connectivity index (χ3v) is 4.15. The lowest BCUT2D eigenvalue weighted by atomic mass is 10.0. The molecule has 0 saturated heterocycles. The van der Waals surface area contributed by atoms with Gasteiger partial charge in [0.2, 0.25) is 0 Å². The molecule has 2 N–H and O–H groups in total. The van der Waals surface area contributed by atoms with Gasteiger partial charge in [-0.15, -0.1) is 0 Å². The van der Waals surface area contributed by atoms with Gasteiger partial charge < -0.3 is 5.73 Å². The molecule has 0 saturated carbocycles. The second-order valence-electron chi connectivity index (χ2n) is 6.08. The minimum atomic E-state index is 0.796. The van der Waals surface area contributed by atoms with Crippen LogP contribution in [0, 0.1) is 0 Å². The van der Waals surface area contributed by atoms with Gasteiger partial charge in [-0.2, -0.15) is 0 Å². The van der Waals surface area contributed by atoms with E-state index in [1.54, 1.807) is 0 Å². The molecule has 0 aliphatic heterocycles. The highest BCUT2D eigenvalue weighted by molar-refractivity contribution is 5.61. The van der Waals surface area contributed by atoms with Crippen molar-refractivity contribution in [3.8, 4) is 11.1 Å². The topological polar surface area (TPSA) is 51.8 Å². The highest BCUT2D eigenvalue weighted by Gasteiger charge is 2.02. The SMILES string of the molecule is CCCc1ccc(-c2cnc(CCc3ccc(N)cc3)nc2)cc1. The Bertz CT molecular complexity index is 760. The van der Waals surface area contributed by atoms with Crippen molar-refractivity contribution in [2.24, 2.45) is 0 Å². The van der Waals surface area contributed by atoms with Crippen LogP contribution in [0.2, 0.25) is 0 Å². The van der Waals surface area contributed by atoms with Gasteiger partial charge >= 0.3 is 0 Å². The van der Waals surface area contributed by atoms with E-state index >= 15 is 0 Å². The predicted molar refractivity (Wildman–Crippen MR) is 99.7 cm³/mol. The summed E-state index contributed by atoms with van der Waals surface area (Å²) in [7, 11) is 0.